The van der Waals surface area contributed by atoms with Crippen LogP contribution in [0.4, 0.5) is 10.5 Å². The lowest BCUT2D eigenvalue weighted by atomic mass is 10.1. The fourth-order valence-electron chi connectivity index (χ4n) is 5.00. The van der Waals surface area contributed by atoms with E-state index in [1.54, 1.807) is 42.2 Å². The number of urea groups is 1. The second-order valence-corrected chi connectivity index (χ2v) is 11.3. The number of rotatable bonds is 16. The summed E-state index contributed by atoms with van der Waals surface area (Å²) in [5.41, 5.74) is 4.28. The minimum absolute atomic E-state index is 0.185. The minimum Gasteiger partial charge on any atom is -0.493 e. The number of carboxylic acids is 1. The summed E-state index contributed by atoms with van der Waals surface area (Å²) in [6, 6.07) is 18.3. The van der Waals surface area contributed by atoms with Gasteiger partial charge in [0.1, 0.15) is 18.1 Å². The maximum atomic E-state index is 13.3. The number of aryl methyl sites for hydroxylation is 2. The van der Waals surface area contributed by atoms with Crippen LogP contribution in [0, 0.1) is 0 Å². The number of aliphatic carboxylic acids is 1. The summed E-state index contributed by atoms with van der Waals surface area (Å²) in [7, 11) is 0. The van der Waals surface area contributed by atoms with Gasteiger partial charge in [0.15, 0.2) is 6.10 Å². The van der Waals surface area contributed by atoms with Crippen LogP contribution in [0.1, 0.15) is 42.9 Å². The topological polar surface area (TPSA) is 97.3 Å². The number of carbonyl (C=O) groups excluding carboxylic acids is 1. The Labute approximate surface area is 262 Å². The Morgan fingerprint density at radius 2 is 1.60 bits per heavy atom. The fourth-order valence-corrected chi connectivity index (χ4v) is 5.51. The average Bonchev–Trinajstić information content (AvgIpc) is 3.44. The van der Waals surface area contributed by atoms with Gasteiger partial charge < -0.3 is 29.5 Å². The number of nitrogens with one attached hydrogen (secondary N) is 1. The number of hydrogen-bond donors (Lipinski definition) is 2. The summed E-state index contributed by atoms with van der Waals surface area (Å²) in [4.78, 5) is 26.4. The third kappa shape index (κ3) is 10.3. The molecule has 0 aromatic heterocycles. The van der Waals surface area contributed by atoms with Crippen LogP contribution in [0.2, 0.25) is 10.0 Å². The second-order valence-electron chi connectivity index (χ2n) is 10.4. The van der Waals surface area contributed by atoms with Crippen molar-refractivity contribution in [2.45, 2.75) is 51.6 Å². The fraction of sp³-hybridized carbons (Fsp3) is 0.394. The normalized spacial score (nSPS) is 12.8. The van der Waals surface area contributed by atoms with Crippen LogP contribution >= 0.6 is 23.2 Å². The first kappa shape index (κ1) is 32.5. The zero-order valence-corrected chi connectivity index (χ0v) is 25.8. The monoisotopic (exact) mass is 628 g/mol. The van der Waals surface area contributed by atoms with Crippen molar-refractivity contribution in [3.05, 3.63) is 87.4 Å². The molecule has 0 bridgehead atoms. The van der Waals surface area contributed by atoms with E-state index in [1.807, 2.05) is 18.2 Å². The molecule has 0 aliphatic heterocycles. The molecule has 0 spiro atoms. The summed E-state index contributed by atoms with van der Waals surface area (Å²) in [5.74, 6) is 0.264. The number of carbonyl (C=O) groups is 2. The van der Waals surface area contributed by atoms with E-state index in [2.05, 4.69) is 17.4 Å². The second kappa shape index (κ2) is 16.4. The maximum absolute atomic E-state index is 13.3. The van der Waals surface area contributed by atoms with Gasteiger partial charge in [0.25, 0.3) is 0 Å². The molecule has 4 rings (SSSR count). The van der Waals surface area contributed by atoms with Gasteiger partial charge in [-0.2, -0.15) is 0 Å². The van der Waals surface area contributed by atoms with Crippen LogP contribution in [0.25, 0.3) is 0 Å². The first-order valence-corrected chi connectivity index (χ1v) is 15.4. The van der Waals surface area contributed by atoms with E-state index in [9.17, 15) is 14.7 Å². The Balaban J connectivity index is 1.30. The molecular formula is C33H38Cl2N2O6. The molecule has 0 fully saturated rings. The number of nitrogens with zero attached hydrogens (tertiary/aromatic N) is 1. The molecule has 2 N–H and O–H groups in total. The van der Waals surface area contributed by atoms with Crippen molar-refractivity contribution in [1.29, 1.82) is 0 Å². The maximum Gasteiger partial charge on any atom is 0.333 e. The quantitative estimate of drug-likeness (QED) is 0.162. The lowest BCUT2D eigenvalue weighted by molar-refractivity contribution is -0.149. The van der Waals surface area contributed by atoms with Gasteiger partial charge in [0, 0.05) is 35.3 Å². The van der Waals surface area contributed by atoms with E-state index >= 15 is 0 Å². The molecule has 0 saturated carbocycles. The number of fused-ring (bicyclic) bond motifs is 1. The average molecular weight is 630 g/mol. The zero-order valence-electron chi connectivity index (χ0n) is 24.3. The lowest BCUT2D eigenvalue weighted by Gasteiger charge is -2.23. The van der Waals surface area contributed by atoms with E-state index in [4.69, 9.17) is 37.4 Å². The molecule has 3 aromatic carbocycles. The molecule has 3 aromatic rings. The smallest absolute Gasteiger partial charge is 0.333 e. The Kier molecular flexibility index (Phi) is 12.4. The van der Waals surface area contributed by atoms with E-state index in [1.165, 1.54) is 11.1 Å². The summed E-state index contributed by atoms with van der Waals surface area (Å²) in [6.45, 7) is 3.77. The van der Waals surface area contributed by atoms with Crippen molar-refractivity contribution in [3.8, 4) is 11.5 Å². The Morgan fingerprint density at radius 3 is 2.33 bits per heavy atom. The molecule has 43 heavy (non-hydrogen) atoms. The van der Waals surface area contributed by atoms with Crippen molar-refractivity contribution in [2.24, 2.45) is 0 Å². The van der Waals surface area contributed by atoms with E-state index in [-0.39, 0.29) is 12.5 Å². The number of hydrogen-bond acceptors (Lipinski definition) is 5. The number of unbranched alkanes of at least 4 members (excludes halogenated alkanes) is 1. The van der Waals surface area contributed by atoms with Gasteiger partial charge in [0.2, 0.25) is 0 Å². The predicted molar refractivity (Wildman–Crippen MR) is 169 cm³/mol. The van der Waals surface area contributed by atoms with Crippen molar-refractivity contribution in [2.75, 3.05) is 38.2 Å². The molecule has 2 amide bonds. The number of halogens is 2. The van der Waals surface area contributed by atoms with Crippen LogP contribution < -0.4 is 14.8 Å². The van der Waals surface area contributed by atoms with Crippen LogP contribution in [-0.2, 0) is 28.8 Å². The summed E-state index contributed by atoms with van der Waals surface area (Å²) < 4.78 is 17.0. The molecule has 1 atom stereocenters. The summed E-state index contributed by atoms with van der Waals surface area (Å²) in [6.07, 6.45) is 4.11. The SMILES string of the molecule is CCOC(Cc1ccc(OCCN(CCCCOc2cc(Cl)cc(Cl)c2)C(=O)Nc2ccc3c(c2)CCC3)cc1)C(=O)O. The third-order valence-corrected chi connectivity index (χ3v) is 7.62. The van der Waals surface area contributed by atoms with E-state index in [0.717, 1.165) is 43.4 Å². The third-order valence-electron chi connectivity index (χ3n) is 7.18. The van der Waals surface area contributed by atoms with Crippen LogP contribution in [0.3, 0.4) is 0 Å². The highest BCUT2D eigenvalue weighted by Crippen LogP contribution is 2.26. The predicted octanol–water partition coefficient (Wildman–Crippen LogP) is 7.29. The number of amides is 2. The number of carboxylic acid groups (broad SMARTS) is 1. The van der Waals surface area contributed by atoms with E-state index in [0.29, 0.717) is 54.5 Å². The van der Waals surface area contributed by atoms with Crippen molar-refractivity contribution >= 4 is 40.9 Å². The van der Waals surface area contributed by atoms with Gasteiger partial charge in [-0.05, 0) is 98.2 Å². The highest BCUT2D eigenvalue weighted by atomic mass is 35.5. The van der Waals surface area contributed by atoms with Crippen molar-refractivity contribution in [3.63, 3.8) is 0 Å². The highest BCUT2D eigenvalue weighted by Gasteiger charge is 2.19. The first-order valence-electron chi connectivity index (χ1n) is 14.6. The molecule has 0 heterocycles. The molecule has 8 nitrogen and oxygen atoms in total. The van der Waals surface area contributed by atoms with Crippen LogP contribution in [0.5, 0.6) is 11.5 Å². The summed E-state index contributed by atoms with van der Waals surface area (Å²) in [5, 5.41) is 13.4. The standard InChI is InChI=1S/C33H38Cl2N2O6/c1-2-41-31(32(38)39)18-23-8-12-29(13-9-23)43-17-15-37(14-3-4-16-42-30-21-26(34)20-27(35)22-30)33(40)36-28-11-10-24-6-5-7-25(24)19-28/h8-13,19-22,31H,2-7,14-18H2,1H3,(H,36,40)(H,38,39). The molecule has 0 saturated heterocycles. The van der Waals surface area contributed by atoms with E-state index < -0.39 is 12.1 Å². The number of ether oxygens (including phenoxy) is 3. The van der Waals surface area contributed by atoms with Gasteiger partial charge in [0.05, 0.1) is 13.2 Å². The van der Waals surface area contributed by atoms with Gasteiger partial charge in [-0.3, -0.25) is 0 Å². The molecular weight excluding hydrogens is 591 g/mol. The van der Waals surface area contributed by atoms with Crippen LogP contribution in [0.15, 0.2) is 60.7 Å². The first-order chi connectivity index (χ1) is 20.8. The number of anilines is 1. The highest BCUT2D eigenvalue weighted by molar-refractivity contribution is 6.34. The largest absolute Gasteiger partial charge is 0.493 e. The summed E-state index contributed by atoms with van der Waals surface area (Å²) >= 11 is 12.1. The van der Waals surface area contributed by atoms with Crippen molar-refractivity contribution in [1.82, 2.24) is 4.90 Å². The molecule has 10 heteroatoms. The van der Waals surface area contributed by atoms with Gasteiger partial charge in [-0.25, -0.2) is 9.59 Å². The Morgan fingerprint density at radius 1 is 0.884 bits per heavy atom. The molecule has 230 valence electrons. The van der Waals surface area contributed by atoms with Gasteiger partial charge in [-0.15, -0.1) is 0 Å². The Hall–Kier alpha value is -3.46. The van der Waals surface area contributed by atoms with Gasteiger partial charge >= 0.3 is 12.0 Å². The molecule has 0 radical (unpaired) electrons. The van der Waals surface area contributed by atoms with Gasteiger partial charge in [-0.1, -0.05) is 41.4 Å². The number of benzene rings is 3. The minimum atomic E-state index is -0.985. The molecule has 1 aliphatic rings. The Bertz CT molecular complexity index is 1350. The molecule has 1 aliphatic carbocycles. The lowest BCUT2D eigenvalue weighted by Crippen LogP contribution is -2.38. The zero-order chi connectivity index (χ0) is 30.6. The van der Waals surface area contributed by atoms with Crippen molar-refractivity contribution < 1.29 is 28.9 Å². The van der Waals surface area contributed by atoms with Crippen LogP contribution in [-0.4, -0.2) is 61.0 Å². The molecule has 1 unspecified atom stereocenters.